The summed E-state index contributed by atoms with van der Waals surface area (Å²) in [5, 5.41) is 3.68. The van der Waals surface area contributed by atoms with Gasteiger partial charge in [-0.2, -0.15) is 0 Å². The van der Waals surface area contributed by atoms with Gasteiger partial charge in [-0.3, -0.25) is 0 Å². The van der Waals surface area contributed by atoms with Crippen LogP contribution in [-0.4, -0.2) is 19.8 Å². The molecule has 1 aromatic rings. The highest BCUT2D eigenvalue weighted by atomic mass is 16.5. The Bertz CT molecular complexity index is 383. The summed E-state index contributed by atoms with van der Waals surface area (Å²) >= 11 is 0. The van der Waals surface area contributed by atoms with Crippen molar-refractivity contribution in [1.29, 1.82) is 0 Å². The summed E-state index contributed by atoms with van der Waals surface area (Å²) in [5.41, 5.74) is 2.81. The first-order valence-corrected chi connectivity index (χ1v) is 8.15. The molecule has 0 spiro atoms. The molecule has 20 heavy (non-hydrogen) atoms. The van der Waals surface area contributed by atoms with Crippen molar-refractivity contribution in [3.05, 3.63) is 35.4 Å². The standard InChI is InChI=1S/C18H29NO/c1-4-6-14-7-9-15(10-8-14)17(19-13-5-2)18(20-3)16-11-12-16/h7-10,16-19H,4-6,11-13H2,1-3H3. The van der Waals surface area contributed by atoms with Crippen LogP contribution in [0.1, 0.15) is 56.7 Å². The van der Waals surface area contributed by atoms with E-state index >= 15 is 0 Å². The maximum absolute atomic E-state index is 5.80. The molecule has 1 aliphatic carbocycles. The number of rotatable bonds is 9. The molecule has 0 heterocycles. The Morgan fingerprint density at radius 3 is 2.35 bits per heavy atom. The van der Waals surface area contributed by atoms with Crippen LogP contribution in [-0.2, 0) is 11.2 Å². The second kappa shape index (κ2) is 7.80. The van der Waals surface area contributed by atoms with E-state index in [0.29, 0.717) is 12.1 Å². The largest absolute Gasteiger partial charge is 0.379 e. The van der Waals surface area contributed by atoms with E-state index in [2.05, 4.69) is 43.4 Å². The summed E-state index contributed by atoms with van der Waals surface area (Å²) in [4.78, 5) is 0. The first-order valence-electron chi connectivity index (χ1n) is 8.15. The van der Waals surface area contributed by atoms with Crippen LogP contribution in [0.5, 0.6) is 0 Å². The lowest BCUT2D eigenvalue weighted by Gasteiger charge is -2.28. The second-order valence-electron chi connectivity index (χ2n) is 5.96. The zero-order valence-corrected chi connectivity index (χ0v) is 13.2. The van der Waals surface area contributed by atoms with Gasteiger partial charge in [0.15, 0.2) is 0 Å². The minimum Gasteiger partial charge on any atom is -0.379 e. The quantitative estimate of drug-likeness (QED) is 0.732. The summed E-state index contributed by atoms with van der Waals surface area (Å²) in [5.74, 6) is 0.740. The highest BCUT2D eigenvalue weighted by Crippen LogP contribution is 2.39. The predicted molar refractivity (Wildman–Crippen MR) is 85.0 cm³/mol. The topological polar surface area (TPSA) is 21.3 Å². The van der Waals surface area contributed by atoms with Crippen molar-refractivity contribution in [3.8, 4) is 0 Å². The van der Waals surface area contributed by atoms with Gasteiger partial charge in [0.1, 0.15) is 0 Å². The number of methoxy groups -OCH3 is 1. The van der Waals surface area contributed by atoms with Crippen molar-refractivity contribution < 1.29 is 4.74 Å². The number of hydrogen-bond acceptors (Lipinski definition) is 2. The van der Waals surface area contributed by atoms with Crippen LogP contribution < -0.4 is 5.32 Å². The number of nitrogens with one attached hydrogen (secondary N) is 1. The Morgan fingerprint density at radius 1 is 1.15 bits per heavy atom. The smallest absolute Gasteiger partial charge is 0.0794 e. The van der Waals surface area contributed by atoms with Crippen molar-refractivity contribution in [2.75, 3.05) is 13.7 Å². The van der Waals surface area contributed by atoms with E-state index in [1.807, 2.05) is 7.11 Å². The molecule has 112 valence electrons. The molecule has 0 aromatic heterocycles. The van der Waals surface area contributed by atoms with Crippen molar-refractivity contribution in [3.63, 3.8) is 0 Å². The maximum Gasteiger partial charge on any atom is 0.0794 e. The molecule has 0 aliphatic heterocycles. The van der Waals surface area contributed by atoms with E-state index in [4.69, 9.17) is 4.74 Å². The number of ether oxygens (including phenoxy) is 1. The Balaban J connectivity index is 2.11. The molecule has 0 amide bonds. The zero-order chi connectivity index (χ0) is 14.4. The van der Waals surface area contributed by atoms with Gasteiger partial charge < -0.3 is 10.1 Å². The fourth-order valence-electron chi connectivity index (χ4n) is 2.93. The Labute approximate surface area is 123 Å². The summed E-state index contributed by atoms with van der Waals surface area (Å²) in [6.07, 6.45) is 6.49. The van der Waals surface area contributed by atoms with E-state index in [0.717, 1.165) is 18.9 Å². The van der Waals surface area contributed by atoms with Crippen LogP contribution in [0.4, 0.5) is 0 Å². The third-order valence-electron chi connectivity index (χ3n) is 4.18. The summed E-state index contributed by atoms with van der Waals surface area (Å²) in [6, 6.07) is 9.46. The average Bonchev–Trinajstić information content (AvgIpc) is 3.29. The van der Waals surface area contributed by atoms with Crippen LogP contribution in [0, 0.1) is 5.92 Å². The molecule has 1 fully saturated rings. The molecule has 0 bridgehead atoms. The highest BCUT2D eigenvalue weighted by Gasteiger charge is 2.37. The summed E-state index contributed by atoms with van der Waals surface area (Å²) < 4.78 is 5.80. The Hall–Kier alpha value is -0.860. The van der Waals surface area contributed by atoms with Crippen LogP contribution in [0.15, 0.2) is 24.3 Å². The highest BCUT2D eigenvalue weighted by molar-refractivity contribution is 5.26. The lowest BCUT2D eigenvalue weighted by molar-refractivity contribution is 0.0507. The predicted octanol–water partition coefficient (Wildman–Crippen LogP) is 4.10. The van der Waals surface area contributed by atoms with Gasteiger partial charge in [-0.05, 0) is 49.3 Å². The van der Waals surface area contributed by atoms with Crippen LogP contribution in [0.2, 0.25) is 0 Å². The molecule has 2 heteroatoms. The minimum absolute atomic E-state index is 0.318. The van der Waals surface area contributed by atoms with Gasteiger partial charge in [-0.15, -0.1) is 0 Å². The summed E-state index contributed by atoms with van der Waals surface area (Å²) in [6.45, 7) is 5.49. The van der Waals surface area contributed by atoms with Gasteiger partial charge >= 0.3 is 0 Å². The van der Waals surface area contributed by atoms with E-state index in [1.54, 1.807) is 0 Å². The van der Waals surface area contributed by atoms with Crippen molar-refractivity contribution in [1.82, 2.24) is 5.32 Å². The fourth-order valence-corrected chi connectivity index (χ4v) is 2.93. The third-order valence-corrected chi connectivity index (χ3v) is 4.18. The molecule has 2 unspecified atom stereocenters. The first-order chi connectivity index (χ1) is 9.80. The molecule has 2 nitrogen and oxygen atoms in total. The van der Waals surface area contributed by atoms with E-state index in [-0.39, 0.29) is 0 Å². The van der Waals surface area contributed by atoms with Crippen molar-refractivity contribution in [2.24, 2.45) is 5.92 Å². The Morgan fingerprint density at radius 2 is 1.85 bits per heavy atom. The summed E-state index contributed by atoms with van der Waals surface area (Å²) in [7, 11) is 1.86. The van der Waals surface area contributed by atoms with Gasteiger partial charge in [-0.25, -0.2) is 0 Å². The molecule has 1 N–H and O–H groups in total. The van der Waals surface area contributed by atoms with Gasteiger partial charge in [-0.1, -0.05) is 44.5 Å². The molecule has 0 radical (unpaired) electrons. The van der Waals surface area contributed by atoms with Crippen LogP contribution in [0.25, 0.3) is 0 Å². The first kappa shape index (κ1) is 15.5. The van der Waals surface area contributed by atoms with Crippen molar-refractivity contribution >= 4 is 0 Å². The SMILES string of the molecule is CCCNC(c1ccc(CCC)cc1)C(OC)C1CC1. The van der Waals surface area contributed by atoms with Crippen LogP contribution in [0.3, 0.4) is 0 Å². The lowest BCUT2D eigenvalue weighted by atomic mass is 9.96. The zero-order valence-electron chi connectivity index (χ0n) is 13.2. The van der Waals surface area contributed by atoms with Crippen molar-refractivity contribution in [2.45, 2.75) is 58.1 Å². The fraction of sp³-hybridized carbons (Fsp3) is 0.667. The van der Waals surface area contributed by atoms with Gasteiger partial charge in [0, 0.05) is 7.11 Å². The van der Waals surface area contributed by atoms with E-state index in [9.17, 15) is 0 Å². The van der Waals surface area contributed by atoms with Gasteiger partial charge in [0.05, 0.1) is 12.1 Å². The maximum atomic E-state index is 5.80. The van der Waals surface area contributed by atoms with E-state index < -0.39 is 0 Å². The minimum atomic E-state index is 0.318. The second-order valence-corrected chi connectivity index (χ2v) is 5.96. The number of benzene rings is 1. The molecule has 0 saturated heterocycles. The molecule has 2 atom stereocenters. The number of aryl methyl sites for hydroxylation is 1. The number of hydrogen-bond donors (Lipinski definition) is 1. The van der Waals surface area contributed by atoms with Gasteiger partial charge in [0.25, 0.3) is 0 Å². The molecule has 1 aromatic carbocycles. The molecular formula is C18H29NO. The van der Waals surface area contributed by atoms with Crippen LogP contribution >= 0.6 is 0 Å². The third kappa shape index (κ3) is 4.07. The average molecular weight is 275 g/mol. The molecule has 2 rings (SSSR count). The van der Waals surface area contributed by atoms with Gasteiger partial charge in [0.2, 0.25) is 0 Å². The molecular weight excluding hydrogens is 246 g/mol. The van der Waals surface area contributed by atoms with E-state index in [1.165, 1.54) is 36.8 Å². The monoisotopic (exact) mass is 275 g/mol. The lowest BCUT2D eigenvalue weighted by Crippen LogP contribution is -2.35. The Kier molecular flexibility index (Phi) is 6.06. The normalized spacial score (nSPS) is 17.9. The molecule has 1 saturated carbocycles. The molecule has 1 aliphatic rings.